The molecule has 1 aromatic rings. The maximum atomic E-state index is 13.3. The molecule has 3 rings (SSSR count). The van der Waals surface area contributed by atoms with Crippen molar-refractivity contribution in [1.29, 1.82) is 0 Å². The first-order chi connectivity index (χ1) is 11.5. The van der Waals surface area contributed by atoms with Gasteiger partial charge in [0.05, 0.1) is 11.6 Å². The molecule has 0 aromatic heterocycles. The van der Waals surface area contributed by atoms with Crippen molar-refractivity contribution >= 4 is 5.91 Å². The molecule has 132 valence electrons. The Balaban J connectivity index is 1.60. The molecule has 3 N–H and O–H groups in total. The lowest BCUT2D eigenvalue weighted by atomic mass is 9.95. The van der Waals surface area contributed by atoms with Crippen molar-refractivity contribution in [3.8, 4) is 0 Å². The Morgan fingerprint density at radius 3 is 2.58 bits per heavy atom. The smallest absolute Gasteiger partial charge is 0.240 e. The Hall–Kier alpha value is -1.53. The molecule has 0 bridgehead atoms. The molecule has 6 heteroatoms. The number of rotatable bonds is 7. The van der Waals surface area contributed by atoms with Crippen molar-refractivity contribution in [1.82, 2.24) is 10.6 Å². The first kappa shape index (κ1) is 17.3. The number of halogens is 2. The second-order valence-electron chi connectivity index (χ2n) is 7.01. The quantitative estimate of drug-likeness (QED) is 0.716. The van der Waals surface area contributed by atoms with Crippen LogP contribution in [0.4, 0.5) is 8.78 Å². The van der Waals surface area contributed by atoms with Gasteiger partial charge in [-0.15, -0.1) is 0 Å². The molecule has 1 atom stereocenters. The SMILES string of the molecule is O=C(NCC1CC1)C1(NCC(O)c2ccc(F)c(F)c2)CCCC1. The van der Waals surface area contributed by atoms with E-state index in [2.05, 4.69) is 10.6 Å². The summed E-state index contributed by atoms with van der Waals surface area (Å²) in [5.41, 5.74) is -0.359. The molecule has 2 aliphatic carbocycles. The maximum Gasteiger partial charge on any atom is 0.240 e. The predicted molar refractivity (Wildman–Crippen MR) is 86.3 cm³/mol. The third-order valence-electron chi connectivity index (χ3n) is 5.10. The summed E-state index contributed by atoms with van der Waals surface area (Å²) in [6, 6.07) is 3.36. The number of benzene rings is 1. The van der Waals surface area contributed by atoms with Gasteiger partial charge in [0.15, 0.2) is 11.6 Å². The summed E-state index contributed by atoms with van der Waals surface area (Å²) in [4.78, 5) is 12.6. The van der Waals surface area contributed by atoms with Crippen LogP contribution in [-0.2, 0) is 4.79 Å². The van der Waals surface area contributed by atoms with Gasteiger partial charge < -0.3 is 15.7 Å². The molecule has 1 aromatic carbocycles. The predicted octanol–water partition coefficient (Wildman–Crippen LogP) is 2.43. The van der Waals surface area contributed by atoms with Gasteiger partial charge in [0.1, 0.15) is 0 Å². The minimum atomic E-state index is -0.992. The monoisotopic (exact) mass is 338 g/mol. The molecule has 0 saturated heterocycles. The van der Waals surface area contributed by atoms with Crippen molar-refractivity contribution < 1.29 is 18.7 Å². The molecule has 0 spiro atoms. The van der Waals surface area contributed by atoms with Crippen LogP contribution in [0, 0.1) is 17.6 Å². The molecule has 24 heavy (non-hydrogen) atoms. The van der Waals surface area contributed by atoms with E-state index in [0.717, 1.165) is 37.8 Å². The van der Waals surface area contributed by atoms with E-state index in [1.165, 1.54) is 18.9 Å². The Morgan fingerprint density at radius 1 is 1.25 bits per heavy atom. The number of β-amino-alcohol motifs (C(OH)–C–C–N with tert-alkyl or cyclic N) is 1. The lowest BCUT2D eigenvalue weighted by Gasteiger charge is -2.30. The highest BCUT2D eigenvalue weighted by Gasteiger charge is 2.41. The van der Waals surface area contributed by atoms with Crippen LogP contribution in [-0.4, -0.2) is 29.6 Å². The van der Waals surface area contributed by atoms with Crippen LogP contribution in [0.15, 0.2) is 18.2 Å². The number of nitrogens with one attached hydrogen (secondary N) is 2. The minimum absolute atomic E-state index is 0.00983. The zero-order valence-corrected chi connectivity index (χ0v) is 13.7. The largest absolute Gasteiger partial charge is 0.387 e. The van der Waals surface area contributed by atoms with E-state index in [1.54, 1.807) is 0 Å². The molecule has 2 fully saturated rings. The van der Waals surface area contributed by atoms with E-state index in [9.17, 15) is 18.7 Å². The van der Waals surface area contributed by atoms with Crippen molar-refractivity contribution in [2.75, 3.05) is 13.1 Å². The van der Waals surface area contributed by atoms with E-state index in [-0.39, 0.29) is 12.5 Å². The summed E-state index contributed by atoms with van der Waals surface area (Å²) < 4.78 is 26.3. The molecule has 1 unspecified atom stereocenters. The van der Waals surface area contributed by atoms with Gasteiger partial charge >= 0.3 is 0 Å². The van der Waals surface area contributed by atoms with Crippen molar-refractivity contribution in [3.63, 3.8) is 0 Å². The summed E-state index contributed by atoms with van der Waals surface area (Å²) in [6.45, 7) is 0.843. The first-order valence-corrected chi connectivity index (χ1v) is 8.66. The molecular formula is C18H24F2N2O2. The molecular weight excluding hydrogens is 314 g/mol. The average Bonchev–Trinajstić information content (AvgIpc) is 3.28. The molecule has 0 radical (unpaired) electrons. The van der Waals surface area contributed by atoms with Crippen LogP contribution < -0.4 is 10.6 Å². The summed E-state index contributed by atoms with van der Waals surface area (Å²) in [7, 11) is 0. The fraction of sp³-hybridized carbons (Fsp3) is 0.611. The molecule has 2 saturated carbocycles. The number of amides is 1. The minimum Gasteiger partial charge on any atom is -0.387 e. The molecule has 0 aliphatic heterocycles. The van der Waals surface area contributed by atoms with Gasteiger partial charge in [-0.05, 0) is 49.3 Å². The van der Waals surface area contributed by atoms with E-state index >= 15 is 0 Å². The van der Waals surface area contributed by atoms with Crippen LogP contribution in [0.25, 0.3) is 0 Å². The lowest BCUT2D eigenvalue weighted by molar-refractivity contribution is -0.127. The summed E-state index contributed by atoms with van der Waals surface area (Å²) in [5.74, 6) is -1.32. The summed E-state index contributed by atoms with van der Waals surface area (Å²) in [5, 5.41) is 16.4. The standard InChI is InChI=1S/C18H24F2N2O2/c19-14-6-5-13(9-15(14)20)16(23)11-22-18(7-1-2-8-18)17(24)21-10-12-3-4-12/h5-6,9,12,16,22-23H,1-4,7-8,10-11H2,(H,21,24). The fourth-order valence-corrected chi connectivity index (χ4v) is 3.32. The van der Waals surface area contributed by atoms with Gasteiger partial charge in [0.25, 0.3) is 0 Å². The van der Waals surface area contributed by atoms with E-state index in [1.807, 2.05) is 0 Å². The molecule has 4 nitrogen and oxygen atoms in total. The molecule has 1 amide bonds. The summed E-state index contributed by atoms with van der Waals surface area (Å²) in [6.07, 6.45) is 4.75. The van der Waals surface area contributed by atoms with Crippen molar-refractivity contribution in [3.05, 3.63) is 35.4 Å². The van der Waals surface area contributed by atoms with Crippen molar-refractivity contribution in [2.24, 2.45) is 5.92 Å². The number of aliphatic hydroxyl groups is 1. The zero-order chi connectivity index (χ0) is 17.2. The van der Waals surface area contributed by atoms with Gasteiger partial charge in [-0.25, -0.2) is 8.78 Å². The van der Waals surface area contributed by atoms with Gasteiger partial charge in [-0.1, -0.05) is 18.9 Å². The third-order valence-corrected chi connectivity index (χ3v) is 5.10. The average molecular weight is 338 g/mol. The maximum absolute atomic E-state index is 13.3. The zero-order valence-electron chi connectivity index (χ0n) is 13.7. The molecule has 2 aliphatic rings. The Kier molecular flexibility index (Phi) is 5.15. The number of hydrogen-bond acceptors (Lipinski definition) is 3. The van der Waals surface area contributed by atoms with Crippen LogP contribution in [0.2, 0.25) is 0 Å². The normalized spacial score (nSPS) is 20.8. The number of carbonyl (C=O) groups is 1. The third kappa shape index (κ3) is 3.92. The van der Waals surface area contributed by atoms with Crippen LogP contribution >= 0.6 is 0 Å². The lowest BCUT2D eigenvalue weighted by Crippen LogP contribution is -2.56. The van der Waals surface area contributed by atoms with Crippen LogP contribution in [0.1, 0.15) is 50.2 Å². The Labute approximate surface area is 140 Å². The topological polar surface area (TPSA) is 61.4 Å². The fourth-order valence-electron chi connectivity index (χ4n) is 3.32. The highest BCUT2D eigenvalue weighted by atomic mass is 19.2. The highest BCUT2D eigenvalue weighted by Crippen LogP contribution is 2.32. The van der Waals surface area contributed by atoms with Gasteiger partial charge in [0, 0.05) is 13.1 Å². The second-order valence-corrected chi connectivity index (χ2v) is 7.01. The van der Waals surface area contributed by atoms with Gasteiger partial charge in [-0.2, -0.15) is 0 Å². The number of aliphatic hydroxyl groups excluding tert-OH is 1. The highest BCUT2D eigenvalue weighted by molar-refractivity contribution is 5.86. The number of hydrogen-bond donors (Lipinski definition) is 3. The van der Waals surface area contributed by atoms with E-state index in [0.29, 0.717) is 18.0 Å². The van der Waals surface area contributed by atoms with Crippen LogP contribution in [0.5, 0.6) is 0 Å². The van der Waals surface area contributed by atoms with Crippen molar-refractivity contribution in [2.45, 2.75) is 50.2 Å². The van der Waals surface area contributed by atoms with Crippen LogP contribution in [0.3, 0.4) is 0 Å². The number of carbonyl (C=O) groups excluding carboxylic acids is 1. The summed E-state index contributed by atoms with van der Waals surface area (Å²) >= 11 is 0. The Bertz CT molecular complexity index is 599. The van der Waals surface area contributed by atoms with Gasteiger partial charge in [0.2, 0.25) is 5.91 Å². The van der Waals surface area contributed by atoms with E-state index in [4.69, 9.17) is 0 Å². The first-order valence-electron chi connectivity index (χ1n) is 8.66. The molecule has 0 heterocycles. The Morgan fingerprint density at radius 2 is 1.96 bits per heavy atom. The second kappa shape index (κ2) is 7.15. The van der Waals surface area contributed by atoms with E-state index < -0.39 is 23.3 Å². The van der Waals surface area contributed by atoms with Gasteiger partial charge in [-0.3, -0.25) is 4.79 Å².